The lowest BCUT2D eigenvalue weighted by Gasteiger charge is -2.08. The Bertz CT molecular complexity index is 1120. The van der Waals surface area contributed by atoms with Gasteiger partial charge >= 0.3 is 5.69 Å². The number of fused-ring (bicyclic) bond motifs is 1. The Morgan fingerprint density at radius 1 is 1.23 bits per heavy atom. The van der Waals surface area contributed by atoms with Crippen molar-refractivity contribution in [1.82, 2.24) is 10.3 Å². The van der Waals surface area contributed by atoms with Gasteiger partial charge in [0, 0.05) is 23.2 Å². The van der Waals surface area contributed by atoms with Crippen LogP contribution >= 0.6 is 0 Å². The molecule has 0 aliphatic carbocycles. The summed E-state index contributed by atoms with van der Waals surface area (Å²) in [5.41, 5.74) is 1.44. The molecule has 156 valence electrons. The lowest BCUT2D eigenvalue weighted by Crippen LogP contribution is -2.32. The van der Waals surface area contributed by atoms with E-state index >= 15 is 0 Å². The highest BCUT2D eigenvalue weighted by atomic mass is 16.6. The Hall–Kier alpha value is -3.95. The van der Waals surface area contributed by atoms with Crippen molar-refractivity contribution in [3.05, 3.63) is 58.0 Å². The number of methoxy groups -OCH3 is 1. The van der Waals surface area contributed by atoms with Gasteiger partial charge in [-0.25, -0.2) is 4.98 Å². The molecule has 0 radical (unpaired) electrons. The van der Waals surface area contributed by atoms with Crippen LogP contribution in [0.2, 0.25) is 0 Å². The lowest BCUT2D eigenvalue weighted by atomic mass is 10.1. The molecule has 0 saturated carbocycles. The number of nitro groups is 1. The number of oxazole rings is 1. The van der Waals surface area contributed by atoms with Gasteiger partial charge in [-0.1, -0.05) is 13.8 Å². The van der Waals surface area contributed by atoms with Gasteiger partial charge in [-0.05, 0) is 30.3 Å². The largest absolute Gasteiger partial charge is 0.490 e. The Kier molecular flexibility index (Phi) is 5.95. The van der Waals surface area contributed by atoms with Crippen molar-refractivity contribution in [2.24, 2.45) is 0 Å². The molecule has 0 bridgehead atoms. The molecule has 0 spiro atoms. The lowest BCUT2D eigenvalue weighted by molar-refractivity contribution is -0.385. The number of carbonyl (C=O) groups excluding carboxylic acids is 2. The Labute approximate surface area is 171 Å². The zero-order chi connectivity index (χ0) is 21.8. The molecule has 30 heavy (non-hydrogen) atoms. The first-order valence-corrected chi connectivity index (χ1v) is 9.09. The van der Waals surface area contributed by atoms with E-state index in [1.165, 1.54) is 19.2 Å². The third-order valence-corrected chi connectivity index (χ3v) is 4.23. The number of nitrogens with zero attached hydrogens (tertiary/aromatic N) is 2. The van der Waals surface area contributed by atoms with Crippen molar-refractivity contribution in [2.45, 2.75) is 19.8 Å². The van der Waals surface area contributed by atoms with E-state index < -0.39 is 16.7 Å². The first-order valence-electron chi connectivity index (χ1n) is 9.09. The summed E-state index contributed by atoms with van der Waals surface area (Å²) in [7, 11) is 1.30. The van der Waals surface area contributed by atoms with Crippen LogP contribution in [0.4, 0.5) is 11.4 Å². The van der Waals surface area contributed by atoms with E-state index in [1.807, 2.05) is 13.8 Å². The van der Waals surface area contributed by atoms with Gasteiger partial charge in [0.25, 0.3) is 5.91 Å². The highest BCUT2D eigenvalue weighted by Gasteiger charge is 2.18. The second-order valence-corrected chi connectivity index (χ2v) is 6.76. The number of hydrogen-bond acceptors (Lipinski definition) is 7. The number of nitrogens with one attached hydrogen (secondary N) is 2. The molecule has 2 N–H and O–H groups in total. The molecule has 2 aromatic carbocycles. The van der Waals surface area contributed by atoms with Gasteiger partial charge in [-0.2, -0.15) is 0 Å². The van der Waals surface area contributed by atoms with Crippen LogP contribution in [-0.4, -0.2) is 35.4 Å². The molecule has 0 unspecified atom stereocenters. The molecule has 0 aliphatic heterocycles. The minimum Gasteiger partial charge on any atom is -0.490 e. The van der Waals surface area contributed by atoms with Gasteiger partial charge in [0.15, 0.2) is 17.2 Å². The first kappa shape index (κ1) is 20.8. The Morgan fingerprint density at radius 3 is 2.67 bits per heavy atom. The van der Waals surface area contributed by atoms with Gasteiger partial charge in [-0.3, -0.25) is 19.7 Å². The molecule has 3 aromatic rings. The zero-order valence-corrected chi connectivity index (χ0v) is 16.6. The van der Waals surface area contributed by atoms with Crippen LogP contribution in [0.1, 0.15) is 36.0 Å². The maximum absolute atomic E-state index is 12.2. The molecule has 10 heteroatoms. The standard InChI is InChI=1S/C20H20N4O6/c1-11(2)20-23-14-9-13(5-7-16(14)30-20)22-18(25)10-21-19(26)12-4-6-17(29-3)15(8-12)24(27)28/h4-9,11H,10H2,1-3H3,(H,21,26)(H,22,25). The SMILES string of the molecule is COc1ccc(C(=O)NCC(=O)Nc2ccc3oc(C(C)C)nc3c2)cc1[N+](=O)[O-]. The predicted octanol–water partition coefficient (Wildman–Crippen LogP) is 3.24. The number of rotatable bonds is 7. The molecule has 2 amide bonds. The monoisotopic (exact) mass is 412 g/mol. The highest BCUT2D eigenvalue weighted by Crippen LogP contribution is 2.27. The molecule has 3 rings (SSSR count). The van der Waals surface area contributed by atoms with Crippen molar-refractivity contribution >= 4 is 34.3 Å². The maximum atomic E-state index is 12.2. The van der Waals surface area contributed by atoms with E-state index in [1.54, 1.807) is 18.2 Å². The summed E-state index contributed by atoms with van der Waals surface area (Å²) in [6.07, 6.45) is 0. The summed E-state index contributed by atoms with van der Waals surface area (Å²) in [6.45, 7) is 3.62. The molecular weight excluding hydrogens is 392 g/mol. The fraction of sp³-hybridized carbons (Fsp3) is 0.250. The van der Waals surface area contributed by atoms with Gasteiger partial charge in [-0.15, -0.1) is 0 Å². The van der Waals surface area contributed by atoms with Gasteiger partial charge in [0.2, 0.25) is 5.91 Å². The van der Waals surface area contributed by atoms with Crippen molar-refractivity contribution in [2.75, 3.05) is 19.0 Å². The number of nitro benzene ring substituents is 1. The molecule has 0 aliphatic rings. The fourth-order valence-electron chi connectivity index (χ4n) is 2.71. The van der Waals surface area contributed by atoms with Crippen LogP contribution in [-0.2, 0) is 4.79 Å². The van der Waals surface area contributed by atoms with Crippen LogP contribution < -0.4 is 15.4 Å². The van der Waals surface area contributed by atoms with Crippen molar-refractivity contribution in [3.8, 4) is 5.75 Å². The Balaban J connectivity index is 1.63. The minimum atomic E-state index is -0.646. The average Bonchev–Trinajstić information content (AvgIpc) is 3.15. The number of ether oxygens (including phenoxy) is 1. The van der Waals surface area contributed by atoms with Crippen LogP contribution in [0.15, 0.2) is 40.8 Å². The molecule has 1 heterocycles. The summed E-state index contributed by atoms with van der Waals surface area (Å²) < 4.78 is 10.5. The quantitative estimate of drug-likeness (QED) is 0.449. The number of aromatic nitrogens is 1. The van der Waals surface area contributed by atoms with E-state index in [-0.39, 0.29) is 29.5 Å². The Morgan fingerprint density at radius 2 is 2.00 bits per heavy atom. The van der Waals surface area contributed by atoms with Crippen molar-refractivity contribution in [1.29, 1.82) is 0 Å². The summed E-state index contributed by atoms with van der Waals surface area (Å²) in [6, 6.07) is 8.85. The van der Waals surface area contributed by atoms with Crippen molar-refractivity contribution < 1.29 is 23.7 Å². The molecule has 0 atom stereocenters. The third kappa shape index (κ3) is 4.54. The maximum Gasteiger partial charge on any atom is 0.311 e. The number of hydrogen-bond donors (Lipinski definition) is 2. The van der Waals surface area contributed by atoms with E-state index in [4.69, 9.17) is 9.15 Å². The number of anilines is 1. The molecule has 0 fully saturated rings. The minimum absolute atomic E-state index is 0.0400. The van der Waals surface area contributed by atoms with Crippen LogP contribution in [0.3, 0.4) is 0 Å². The summed E-state index contributed by atoms with van der Waals surface area (Å²) >= 11 is 0. The second-order valence-electron chi connectivity index (χ2n) is 6.76. The fourth-order valence-corrected chi connectivity index (χ4v) is 2.71. The number of benzene rings is 2. The second kappa shape index (κ2) is 8.60. The first-order chi connectivity index (χ1) is 14.3. The normalized spacial score (nSPS) is 10.8. The third-order valence-electron chi connectivity index (χ3n) is 4.23. The molecule has 0 saturated heterocycles. The van der Waals surface area contributed by atoms with Crippen LogP contribution in [0, 0.1) is 10.1 Å². The predicted molar refractivity (Wildman–Crippen MR) is 109 cm³/mol. The average molecular weight is 412 g/mol. The summed E-state index contributed by atoms with van der Waals surface area (Å²) in [4.78, 5) is 39.2. The van der Waals surface area contributed by atoms with E-state index in [0.29, 0.717) is 22.7 Å². The summed E-state index contributed by atoms with van der Waals surface area (Å²) in [5.74, 6) is -0.297. The topological polar surface area (TPSA) is 137 Å². The van der Waals surface area contributed by atoms with Crippen LogP contribution in [0.25, 0.3) is 11.1 Å². The van der Waals surface area contributed by atoms with E-state index in [0.717, 1.165) is 6.07 Å². The van der Waals surface area contributed by atoms with Gasteiger partial charge in [0.1, 0.15) is 5.52 Å². The van der Waals surface area contributed by atoms with E-state index in [9.17, 15) is 19.7 Å². The molecular formula is C20H20N4O6. The molecule has 10 nitrogen and oxygen atoms in total. The smallest absolute Gasteiger partial charge is 0.311 e. The molecule has 1 aromatic heterocycles. The number of carbonyl (C=O) groups is 2. The summed E-state index contributed by atoms with van der Waals surface area (Å²) in [5, 5.41) is 16.2. The highest BCUT2D eigenvalue weighted by molar-refractivity contribution is 6.00. The van der Waals surface area contributed by atoms with Gasteiger partial charge in [0.05, 0.1) is 18.6 Å². The van der Waals surface area contributed by atoms with Crippen LogP contribution in [0.5, 0.6) is 5.75 Å². The van der Waals surface area contributed by atoms with Gasteiger partial charge < -0.3 is 19.8 Å². The van der Waals surface area contributed by atoms with Crippen molar-refractivity contribution in [3.63, 3.8) is 0 Å². The zero-order valence-electron chi connectivity index (χ0n) is 16.6. The van der Waals surface area contributed by atoms with E-state index in [2.05, 4.69) is 15.6 Å². The number of amides is 2.